The van der Waals surface area contributed by atoms with Gasteiger partial charge >= 0.3 is 19.1 Å². The number of fused-ring (bicyclic) bond motifs is 6. The number of H-pyrrole nitrogens is 1. The zero-order chi connectivity index (χ0) is 82.2. The van der Waals surface area contributed by atoms with E-state index in [9.17, 15) is 9.59 Å². The van der Waals surface area contributed by atoms with Gasteiger partial charge in [0, 0.05) is 87.1 Å². The number of thiazole rings is 2. The third-order valence-electron chi connectivity index (χ3n) is 18.5. The van der Waals surface area contributed by atoms with Gasteiger partial charge in [-0.2, -0.15) is 20.4 Å². The molecule has 4 aromatic carbocycles. The number of esters is 2. The van der Waals surface area contributed by atoms with Crippen LogP contribution in [0.5, 0.6) is 0 Å². The number of aryl methyl sites for hydroxylation is 5. The van der Waals surface area contributed by atoms with Crippen LogP contribution < -0.4 is 5.46 Å². The van der Waals surface area contributed by atoms with Gasteiger partial charge in [-0.3, -0.25) is 48.7 Å². The number of halogens is 5. The summed E-state index contributed by atoms with van der Waals surface area (Å²) in [5.41, 5.74) is 16.3. The largest absolute Gasteiger partial charge is 0.496 e. The topological polar surface area (TPSA) is 249 Å². The second-order valence-electron chi connectivity index (χ2n) is 32.5. The molecule has 11 heterocycles. The van der Waals surface area contributed by atoms with Crippen LogP contribution in [-0.2, 0) is 59.0 Å². The Labute approximate surface area is 701 Å². The van der Waals surface area contributed by atoms with E-state index in [-0.39, 0.29) is 43.5 Å². The van der Waals surface area contributed by atoms with Crippen molar-refractivity contribution in [2.24, 2.45) is 32.0 Å². The Morgan fingerprint density at radius 2 is 0.929 bits per heavy atom. The van der Waals surface area contributed by atoms with E-state index in [1.807, 2.05) is 216 Å². The zero-order valence-corrected chi connectivity index (χ0v) is 75.0. The molecular formula is C83H92BBr3Cl2N14O8S2. The van der Waals surface area contributed by atoms with Crippen molar-refractivity contribution in [3.63, 3.8) is 0 Å². The summed E-state index contributed by atoms with van der Waals surface area (Å²) in [7, 11) is 5.33. The van der Waals surface area contributed by atoms with Crippen molar-refractivity contribution in [1.29, 1.82) is 0 Å². The van der Waals surface area contributed by atoms with Crippen LogP contribution in [0.2, 0.25) is 10.0 Å². The maximum absolute atomic E-state index is 12.8. The summed E-state index contributed by atoms with van der Waals surface area (Å²) in [5, 5.41) is 21.4. The number of aromatic amines is 1. The van der Waals surface area contributed by atoms with E-state index in [0.717, 1.165) is 138 Å². The van der Waals surface area contributed by atoms with Crippen LogP contribution in [0.4, 0.5) is 0 Å². The Hall–Kier alpha value is -8.00. The summed E-state index contributed by atoms with van der Waals surface area (Å²) in [4.78, 5) is 52.3. The van der Waals surface area contributed by atoms with Crippen molar-refractivity contribution in [1.82, 2.24) is 69.4 Å². The van der Waals surface area contributed by atoms with Gasteiger partial charge in [0.25, 0.3) is 0 Å². The molecule has 0 saturated carbocycles. The molecule has 113 heavy (non-hydrogen) atoms. The van der Waals surface area contributed by atoms with Crippen LogP contribution in [0.3, 0.4) is 0 Å². The molecule has 0 spiro atoms. The summed E-state index contributed by atoms with van der Waals surface area (Å²) >= 11 is 25.8. The third kappa shape index (κ3) is 20.8. The molecule has 2 atom stereocenters. The number of carbonyl (C=O) groups excluding carboxylic acids is 2. The Kier molecular flexibility index (Phi) is 26.2. The highest BCUT2D eigenvalue weighted by Crippen LogP contribution is 2.47. The first-order valence-corrected chi connectivity index (χ1v) is 41.2. The van der Waals surface area contributed by atoms with Gasteiger partial charge in [0.1, 0.15) is 52.5 Å². The summed E-state index contributed by atoms with van der Waals surface area (Å²) in [5.74, 6) is -0.530. The quantitative estimate of drug-likeness (QED) is 0.0881. The fourth-order valence-electron chi connectivity index (χ4n) is 12.2. The van der Waals surface area contributed by atoms with Crippen molar-refractivity contribution in [2.75, 3.05) is 13.2 Å². The molecule has 10 aromatic heterocycles. The Morgan fingerprint density at radius 3 is 1.40 bits per heavy atom. The van der Waals surface area contributed by atoms with Gasteiger partial charge in [-0.25, -0.2) is 9.97 Å². The van der Waals surface area contributed by atoms with Gasteiger partial charge in [-0.15, -0.1) is 22.7 Å². The van der Waals surface area contributed by atoms with Crippen LogP contribution in [-0.4, -0.2) is 124 Å². The average Bonchev–Trinajstić information content (AvgIpc) is 1.81. The molecule has 0 unspecified atom stereocenters. The van der Waals surface area contributed by atoms with E-state index < -0.39 is 34.2 Å². The molecule has 592 valence electrons. The number of nitrogens with zero attached hydrogens (tertiary/aromatic N) is 13. The number of rotatable bonds is 12. The van der Waals surface area contributed by atoms with E-state index >= 15 is 0 Å². The number of carbonyl (C=O) groups is 2. The molecule has 1 aliphatic heterocycles. The van der Waals surface area contributed by atoms with Crippen LogP contribution in [0.15, 0.2) is 147 Å². The minimum absolute atomic E-state index is 0.0903. The summed E-state index contributed by atoms with van der Waals surface area (Å²) in [6.45, 7) is 35.6. The van der Waals surface area contributed by atoms with E-state index in [1.165, 1.54) is 0 Å². The molecular weight excluding hydrogens is 1710 g/mol. The monoisotopic (exact) mass is 1790 g/mol. The first-order valence-electron chi connectivity index (χ1n) is 36.5. The van der Waals surface area contributed by atoms with Crippen LogP contribution >= 0.6 is 93.7 Å². The number of aromatic nitrogens is 14. The lowest BCUT2D eigenvalue weighted by Crippen LogP contribution is -2.41. The van der Waals surface area contributed by atoms with Crippen molar-refractivity contribution >= 4 is 183 Å². The number of hydrogen-bond donors (Lipinski definition) is 1. The normalized spacial score (nSPS) is 14.1. The minimum Gasteiger partial charge on any atom is -0.462 e. The van der Waals surface area contributed by atoms with Crippen molar-refractivity contribution in [3.05, 3.63) is 180 Å². The molecule has 0 bridgehead atoms. The lowest BCUT2D eigenvalue weighted by molar-refractivity contribution is -0.162. The van der Waals surface area contributed by atoms with E-state index in [2.05, 4.69) is 123 Å². The van der Waals surface area contributed by atoms with Crippen molar-refractivity contribution < 1.29 is 37.8 Å². The molecule has 0 aliphatic carbocycles. The lowest BCUT2D eigenvalue weighted by atomic mass is 9.80. The lowest BCUT2D eigenvalue weighted by Gasteiger charge is -2.32. The molecule has 1 aliphatic rings. The predicted octanol–water partition coefficient (Wildman–Crippen LogP) is 21.2. The number of nitrogens with one attached hydrogen (secondary N) is 1. The molecule has 14 aromatic rings. The second-order valence-corrected chi connectivity index (χ2v) is 38.5. The van der Waals surface area contributed by atoms with Gasteiger partial charge < -0.3 is 28.3 Å². The molecule has 0 amide bonds. The molecule has 0 radical (unpaired) electrons. The first-order chi connectivity index (χ1) is 52.9. The van der Waals surface area contributed by atoms with Crippen LogP contribution in [0.25, 0.3) is 97.4 Å². The summed E-state index contributed by atoms with van der Waals surface area (Å²) in [6.07, 6.45) is 13.2. The van der Waals surface area contributed by atoms with E-state index in [1.54, 1.807) is 75.4 Å². The molecule has 22 nitrogen and oxygen atoms in total. The molecule has 1 saturated heterocycles. The van der Waals surface area contributed by atoms with Gasteiger partial charge in [0.2, 0.25) is 0 Å². The zero-order valence-electron chi connectivity index (χ0n) is 67.1. The average molecular weight is 1800 g/mol. The van der Waals surface area contributed by atoms with Crippen molar-refractivity contribution in [3.8, 4) is 32.8 Å². The van der Waals surface area contributed by atoms with Crippen molar-refractivity contribution in [2.45, 2.75) is 159 Å². The number of hydrogen-bond acceptors (Lipinski definition) is 20. The number of benzene rings is 4. The molecule has 1 N–H and O–H groups in total. The van der Waals surface area contributed by atoms with Gasteiger partial charge in [-0.1, -0.05) is 47.5 Å². The predicted molar refractivity (Wildman–Crippen MR) is 465 cm³/mol. The third-order valence-corrected chi connectivity index (χ3v) is 22.6. The molecule has 1 fully saturated rings. The maximum Gasteiger partial charge on any atom is 0.496 e. The Morgan fingerprint density at radius 1 is 0.513 bits per heavy atom. The smallest absolute Gasteiger partial charge is 0.462 e. The summed E-state index contributed by atoms with van der Waals surface area (Å²) < 4.78 is 47.0. The fourth-order valence-corrected chi connectivity index (χ4v) is 15.7. The van der Waals surface area contributed by atoms with Crippen LogP contribution in [0, 0.1) is 24.7 Å². The van der Waals surface area contributed by atoms with E-state index in [0.29, 0.717) is 10.0 Å². The Bertz CT molecular complexity index is 5760. The SMILES string of the molecule is Brc1cnc2cn[nH]c2c1.Cc1cc2nc(-c3cnc4cnn(C)c4c3)sc2c(-c2ccc(Cl)cc2)c1[C@@H](COC(=O)C(C)(C)C)OC(C)(C)C.Cc1cc2nc(Br)sc2c(-c2ccc(Cl)cc2)c1[C@@H](COC(=O)C(C)(C)C)OC(C)(C)C.Cn1ncc2ncc(B3OC(C)(C)C(C)(C)O3)cc21.Cn1ncc2ncc(Br)cc21. The second kappa shape index (κ2) is 34.4. The fraction of sp³-hybridized carbons (Fsp3) is 0.373. The minimum atomic E-state index is -0.625. The van der Waals surface area contributed by atoms with E-state index in [4.69, 9.17) is 56.4 Å². The highest BCUT2D eigenvalue weighted by atomic mass is 79.9. The first kappa shape index (κ1) is 85.9. The Balaban J connectivity index is 0.000000153. The van der Waals surface area contributed by atoms with Gasteiger partial charge in [0.05, 0.1) is 101 Å². The van der Waals surface area contributed by atoms with Gasteiger partial charge in [-0.05, 0) is 266 Å². The number of pyridine rings is 4. The highest BCUT2D eigenvalue weighted by Gasteiger charge is 2.52. The molecule has 15 rings (SSSR count). The van der Waals surface area contributed by atoms with Crippen LogP contribution in [0.1, 0.15) is 145 Å². The maximum atomic E-state index is 12.8. The number of ether oxygens (including phenoxy) is 4. The molecule has 30 heteroatoms. The highest BCUT2D eigenvalue weighted by molar-refractivity contribution is 9.11. The standard InChI is InChI=1S/C32H35ClN4O3S.C25H29BrClNO3S.C13H18BN3O2.C7H6BrN3.C6H4BrN3/c1-18-13-22-28(41-29(36-22)20-14-24-23(34-15-20)16-35-37(24)8)27(19-9-11-21(33)12-10-19)26(18)25(40-32(5,6)7)17-39-30(38)31(2,3)4;1-14-12-17-21(32-23(26)28-17)20(15-8-10-16(27)11-9-15)19(14)18(31-25(5,6)7)13-30-22(29)24(2,3)4;1-12(2)13(3,4)19-14(18-12)9-6-11-10(15-7-9)8-16-17(11)5;1-11-7-2-5(8)3-9-6(7)4-10-11;7-4-1-5-6(8-2-4)3-9-10-5/h9-16,25H,17H2,1-8H3;8-12,18H,13H2,1-7H3;6-8H,1-5H3;2-4H,1H3;1-3H,(H,9,10)/t25-;18-;;;/m11.../s1. The van der Waals surface area contributed by atoms with Gasteiger partial charge in [0.15, 0.2) is 3.92 Å². The summed E-state index contributed by atoms with van der Waals surface area (Å²) in [6, 6.07) is 27.7.